The fourth-order valence-electron chi connectivity index (χ4n) is 2.81. The number of carbonyl (C=O) groups excluding carboxylic acids is 1. The number of hydroxylamine groups is 1. The van der Waals surface area contributed by atoms with E-state index >= 15 is 0 Å². The molecule has 1 aliphatic heterocycles. The lowest BCUT2D eigenvalue weighted by molar-refractivity contribution is -0.346. The molecule has 3 rings (SSSR count). The standard InChI is InChI=1S/C20H18N2O6/c1-11-16(7-6-15(12(2)23)19(11)24)28-10-18-21-17(22(18)27)9-13-4-3-5-14(8-13)20(25)26/h3-8,24H,9-10H2,1-2H3,(H,25,26). The number of phenols is 1. The van der Waals surface area contributed by atoms with Gasteiger partial charge in [-0.25, -0.2) is 9.53 Å². The Labute approximate surface area is 160 Å². The Morgan fingerprint density at radius 3 is 2.64 bits per heavy atom. The van der Waals surface area contributed by atoms with Crippen molar-refractivity contribution in [3.63, 3.8) is 0 Å². The minimum Gasteiger partial charge on any atom is -0.740 e. The Balaban J connectivity index is 1.64. The zero-order valence-electron chi connectivity index (χ0n) is 15.3. The number of amidine groups is 2. The fourth-order valence-corrected chi connectivity index (χ4v) is 2.81. The lowest BCUT2D eigenvalue weighted by Crippen LogP contribution is -2.37. The maximum absolute atomic E-state index is 12.2. The monoisotopic (exact) mass is 382 g/mol. The van der Waals surface area contributed by atoms with E-state index in [9.17, 15) is 19.9 Å². The largest absolute Gasteiger partial charge is 0.740 e. The minimum absolute atomic E-state index is 0.0954. The summed E-state index contributed by atoms with van der Waals surface area (Å²) in [5.41, 5.74) is 1.42. The molecule has 0 spiro atoms. The first-order valence-corrected chi connectivity index (χ1v) is 8.47. The second-order valence-corrected chi connectivity index (χ2v) is 6.35. The smallest absolute Gasteiger partial charge is 0.335 e. The third-order valence-corrected chi connectivity index (χ3v) is 4.38. The molecular weight excluding hydrogens is 364 g/mol. The number of aliphatic imine (C=N–C) groups is 1. The van der Waals surface area contributed by atoms with E-state index in [1.165, 1.54) is 25.1 Å². The van der Waals surface area contributed by atoms with Crippen LogP contribution in [0.4, 0.5) is 0 Å². The topological polar surface area (TPSA) is 122 Å². The van der Waals surface area contributed by atoms with Crippen molar-refractivity contribution in [3.05, 3.63) is 63.9 Å². The number of carboxylic acids is 1. The Bertz CT molecular complexity index is 1040. The molecular formula is C20H18N2O6. The summed E-state index contributed by atoms with van der Waals surface area (Å²) < 4.78 is 6.19. The van der Waals surface area contributed by atoms with E-state index in [1.54, 1.807) is 25.1 Å². The van der Waals surface area contributed by atoms with Crippen molar-refractivity contribution in [1.82, 2.24) is 0 Å². The van der Waals surface area contributed by atoms with E-state index in [0.717, 1.165) is 0 Å². The number of ether oxygens (including phenoxy) is 1. The van der Waals surface area contributed by atoms with Gasteiger partial charge in [-0.2, -0.15) is 0 Å². The Kier molecular flexibility index (Phi) is 5.12. The van der Waals surface area contributed by atoms with Gasteiger partial charge in [0.2, 0.25) is 5.84 Å². The number of benzene rings is 2. The summed E-state index contributed by atoms with van der Waals surface area (Å²) >= 11 is 0. The molecule has 0 unspecified atom stereocenters. The van der Waals surface area contributed by atoms with Crippen LogP contribution in [0.5, 0.6) is 11.5 Å². The number of nitrogens with zero attached hydrogens (tertiary/aromatic N) is 2. The number of Topliss-reactive ketones (excluding diaryl/α,β-unsaturated/α-hetero) is 1. The van der Waals surface area contributed by atoms with E-state index in [1.807, 2.05) is 0 Å². The predicted octanol–water partition coefficient (Wildman–Crippen LogP) is 2.54. The van der Waals surface area contributed by atoms with Gasteiger partial charge in [0.25, 0.3) is 5.84 Å². The van der Waals surface area contributed by atoms with Gasteiger partial charge in [-0.3, -0.25) is 4.79 Å². The summed E-state index contributed by atoms with van der Waals surface area (Å²) in [6.45, 7) is 2.88. The van der Waals surface area contributed by atoms with Crippen LogP contribution < -0.4 is 4.74 Å². The maximum Gasteiger partial charge on any atom is 0.335 e. The molecule has 1 heterocycles. The highest BCUT2D eigenvalue weighted by atomic mass is 16.5. The van der Waals surface area contributed by atoms with Crippen molar-refractivity contribution in [3.8, 4) is 11.5 Å². The summed E-state index contributed by atoms with van der Waals surface area (Å²) in [5, 5.41) is 31.2. The molecule has 28 heavy (non-hydrogen) atoms. The molecule has 8 nitrogen and oxygen atoms in total. The van der Waals surface area contributed by atoms with Crippen molar-refractivity contribution in [2.45, 2.75) is 20.3 Å². The molecule has 0 fully saturated rings. The number of carbonyl (C=O) groups is 2. The van der Waals surface area contributed by atoms with E-state index in [4.69, 9.17) is 9.84 Å². The van der Waals surface area contributed by atoms with Gasteiger partial charge in [0, 0.05) is 5.56 Å². The van der Waals surface area contributed by atoms with Gasteiger partial charge in [-0.15, -0.1) is 0 Å². The van der Waals surface area contributed by atoms with Crippen molar-refractivity contribution >= 4 is 23.4 Å². The molecule has 2 N–H and O–H groups in total. The molecule has 0 radical (unpaired) electrons. The lowest BCUT2D eigenvalue weighted by Gasteiger charge is -2.22. The van der Waals surface area contributed by atoms with E-state index in [2.05, 4.69) is 4.99 Å². The average molecular weight is 382 g/mol. The van der Waals surface area contributed by atoms with Gasteiger partial charge < -0.3 is 20.2 Å². The molecule has 0 amide bonds. The summed E-state index contributed by atoms with van der Waals surface area (Å²) in [7, 11) is 0. The van der Waals surface area contributed by atoms with Crippen LogP contribution in [0.2, 0.25) is 0 Å². The van der Waals surface area contributed by atoms with Gasteiger partial charge in [0.15, 0.2) is 12.4 Å². The van der Waals surface area contributed by atoms with Gasteiger partial charge in [-0.1, -0.05) is 17.1 Å². The zero-order chi connectivity index (χ0) is 20.4. The number of ketones is 1. The molecule has 2 aromatic rings. The fraction of sp³-hybridized carbons (Fsp3) is 0.200. The minimum atomic E-state index is -1.04. The van der Waals surface area contributed by atoms with Crippen LogP contribution in [-0.4, -0.2) is 45.0 Å². The third-order valence-electron chi connectivity index (χ3n) is 4.38. The van der Waals surface area contributed by atoms with E-state index < -0.39 is 5.97 Å². The second kappa shape index (κ2) is 7.51. The molecule has 1 aliphatic rings. The first-order valence-electron chi connectivity index (χ1n) is 8.47. The van der Waals surface area contributed by atoms with Gasteiger partial charge in [0.05, 0.1) is 17.5 Å². The van der Waals surface area contributed by atoms with Gasteiger partial charge >= 0.3 is 5.97 Å². The van der Waals surface area contributed by atoms with Crippen LogP contribution in [0.25, 0.3) is 0 Å². The summed E-state index contributed by atoms with van der Waals surface area (Å²) in [6, 6.07) is 9.33. The van der Waals surface area contributed by atoms with Gasteiger partial charge in [-0.05, 0) is 43.7 Å². The zero-order valence-corrected chi connectivity index (χ0v) is 15.3. The van der Waals surface area contributed by atoms with E-state index in [-0.39, 0.29) is 47.4 Å². The molecule has 2 aromatic carbocycles. The van der Waals surface area contributed by atoms with Crippen LogP contribution in [0.15, 0.2) is 41.4 Å². The highest BCUT2D eigenvalue weighted by molar-refractivity contribution is 6.02. The third kappa shape index (κ3) is 3.71. The SMILES string of the molecule is CC(=O)c1ccc(OCC2=NC(Cc3cccc(C(=O)O)c3)=[N+]2[O-])c(C)c1O. The average Bonchev–Trinajstić information content (AvgIpc) is 2.66. The summed E-state index contributed by atoms with van der Waals surface area (Å²) in [4.78, 5) is 26.6. The summed E-state index contributed by atoms with van der Waals surface area (Å²) in [6.07, 6.45) is 0.210. The first kappa shape index (κ1) is 19.1. The van der Waals surface area contributed by atoms with Crippen molar-refractivity contribution in [2.24, 2.45) is 4.99 Å². The highest BCUT2D eigenvalue weighted by Gasteiger charge is 2.25. The Hall–Kier alpha value is -3.68. The molecule has 0 bridgehead atoms. The van der Waals surface area contributed by atoms with Crippen molar-refractivity contribution in [1.29, 1.82) is 0 Å². The molecule has 0 aromatic heterocycles. The van der Waals surface area contributed by atoms with Gasteiger partial charge in [0.1, 0.15) is 11.5 Å². The lowest BCUT2D eigenvalue weighted by atomic mass is 10.1. The number of carboxylic acid groups (broad SMARTS) is 1. The molecule has 0 saturated carbocycles. The Morgan fingerprint density at radius 2 is 2.00 bits per heavy atom. The number of rotatable bonds is 7. The number of hydrogen-bond donors (Lipinski definition) is 2. The van der Waals surface area contributed by atoms with Crippen LogP contribution in [0.1, 0.15) is 38.8 Å². The van der Waals surface area contributed by atoms with Crippen LogP contribution in [0.3, 0.4) is 0 Å². The molecule has 0 atom stereocenters. The normalized spacial score (nSPS) is 13.0. The first-order chi connectivity index (χ1) is 13.3. The number of phenolic OH excluding ortho intramolecular Hbond substituents is 1. The van der Waals surface area contributed by atoms with Crippen molar-refractivity contribution in [2.75, 3.05) is 6.61 Å². The summed E-state index contributed by atoms with van der Waals surface area (Å²) in [5.74, 6) is -0.670. The predicted molar refractivity (Wildman–Crippen MR) is 102 cm³/mol. The molecule has 8 heteroatoms. The van der Waals surface area contributed by atoms with Crippen LogP contribution in [-0.2, 0) is 6.42 Å². The quantitative estimate of drug-likeness (QED) is 0.431. The van der Waals surface area contributed by atoms with Crippen molar-refractivity contribution < 1.29 is 29.3 Å². The number of aromatic hydroxyl groups is 1. The maximum atomic E-state index is 12.2. The molecule has 0 saturated heterocycles. The van der Waals surface area contributed by atoms with Crippen LogP contribution >= 0.6 is 0 Å². The van der Waals surface area contributed by atoms with Crippen LogP contribution in [0, 0.1) is 12.1 Å². The second-order valence-electron chi connectivity index (χ2n) is 6.35. The molecule has 0 aliphatic carbocycles. The number of aromatic carboxylic acids is 1. The molecule has 144 valence electrons. The Morgan fingerprint density at radius 1 is 1.25 bits per heavy atom. The highest BCUT2D eigenvalue weighted by Crippen LogP contribution is 2.30. The number of hydrogen-bond acceptors (Lipinski definition) is 6. The van der Waals surface area contributed by atoms with E-state index in [0.29, 0.717) is 21.6 Å².